The minimum atomic E-state index is 0.495. The highest BCUT2D eigenvalue weighted by molar-refractivity contribution is 6.11. The van der Waals surface area contributed by atoms with Crippen LogP contribution in [-0.2, 0) is 0 Å². The zero-order valence-electron chi connectivity index (χ0n) is 22.7. The lowest BCUT2D eigenvalue weighted by atomic mass is 10.0. The van der Waals surface area contributed by atoms with Gasteiger partial charge in [0, 0.05) is 27.6 Å². The van der Waals surface area contributed by atoms with Gasteiger partial charge in [-0.1, -0.05) is 114 Å². The monoisotopic (exact) mass is 539 g/mol. The minimum Gasteiger partial charge on any atom is -0.334 e. The molecule has 0 aliphatic carbocycles. The highest BCUT2D eigenvalue weighted by atomic mass is 16.5. The maximum atomic E-state index is 5.71. The van der Waals surface area contributed by atoms with Crippen molar-refractivity contribution >= 4 is 21.8 Å². The van der Waals surface area contributed by atoms with E-state index in [2.05, 4.69) is 119 Å². The lowest BCUT2D eigenvalue weighted by Crippen LogP contribution is -1.94. The molecule has 198 valence electrons. The number of rotatable bonds is 5. The highest BCUT2D eigenvalue weighted by Crippen LogP contribution is 2.37. The first-order valence-electron chi connectivity index (χ1n) is 14.0. The zero-order chi connectivity index (χ0) is 27.9. The van der Waals surface area contributed by atoms with E-state index in [0.29, 0.717) is 11.7 Å². The van der Waals surface area contributed by atoms with Gasteiger partial charge in [-0.05, 0) is 64.7 Å². The average Bonchev–Trinajstić information content (AvgIpc) is 3.69. The van der Waals surface area contributed by atoms with Gasteiger partial charge in [0.1, 0.15) is 0 Å². The number of benzene rings is 6. The van der Waals surface area contributed by atoms with E-state index in [4.69, 9.17) is 9.51 Å². The van der Waals surface area contributed by atoms with E-state index in [1.807, 2.05) is 42.5 Å². The summed E-state index contributed by atoms with van der Waals surface area (Å²) in [6.45, 7) is 0. The molecule has 4 nitrogen and oxygen atoms in total. The Hall–Kier alpha value is -5.74. The largest absolute Gasteiger partial charge is 0.334 e. The molecule has 0 bridgehead atoms. The van der Waals surface area contributed by atoms with Crippen molar-refractivity contribution in [1.29, 1.82) is 0 Å². The molecule has 0 saturated carbocycles. The Morgan fingerprint density at radius 2 is 0.952 bits per heavy atom. The molecule has 0 unspecified atom stereocenters. The van der Waals surface area contributed by atoms with Gasteiger partial charge in [0.25, 0.3) is 5.89 Å². The summed E-state index contributed by atoms with van der Waals surface area (Å²) in [6, 6.07) is 52.8. The molecule has 4 heteroatoms. The van der Waals surface area contributed by atoms with Crippen molar-refractivity contribution in [2.45, 2.75) is 0 Å². The fourth-order valence-corrected chi connectivity index (χ4v) is 5.75. The topological polar surface area (TPSA) is 43.9 Å². The Balaban J connectivity index is 1.31. The number of nitrogens with zero attached hydrogens (tertiary/aromatic N) is 3. The van der Waals surface area contributed by atoms with Crippen LogP contribution >= 0.6 is 0 Å². The molecule has 2 aromatic heterocycles. The molecule has 42 heavy (non-hydrogen) atoms. The van der Waals surface area contributed by atoms with Crippen molar-refractivity contribution in [3.8, 4) is 50.8 Å². The van der Waals surface area contributed by atoms with E-state index in [-0.39, 0.29) is 0 Å². The van der Waals surface area contributed by atoms with E-state index >= 15 is 0 Å². The molecule has 0 amide bonds. The number of hydrogen-bond donors (Lipinski definition) is 0. The predicted molar refractivity (Wildman–Crippen MR) is 170 cm³/mol. The minimum absolute atomic E-state index is 0.495. The first kappa shape index (κ1) is 24.1. The average molecular weight is 540 g/mol. The van der Waals surface area contributed by atoms with Crippen LogP contribution in [-0.4, -0.2) is 14.7 Å². The van der Waals surface area contributed by atoms with Gasteiger partial charge in [0.15, 0.2) is 0 Å². The molecular formula is C38H25N3O. The number of fused-ring (bicyclic) bond motifs is 3. The predicted octanol–water partition coefficient (Wildman–Crippen LogP) is 9.83. The Morgan fingerprint density at radius 3 is 1.52 bits per heavy atom. The second-order valence-electron chi connectivity index (χ2n) is 10.4. The zero-order valence-corrected chi connectivity index (χ0v) is 22.7. The summed E-state index contributed by atoms with van der Waals surface area (Å²) < 4.78 is 8.04. The van der Waals surface area contributed by atoms with E-state index in [9.17, 15) is 0 Å². The molecule has 0 fully saturated rings. The first-order valence-corrected chi connectivity index (χ1v) is 14.0. The molecule has 0 aliphatic heterocycles. The standard InChI is InChI=1S/C38H25N3O/c1-4-11-26(12-5-1)29-19-21-35-33(24-29)34-25-30(27-13-6-2-7-14-27)20-22-36(34)41(35)32-18-10-17-31(23-32)38-39-37(40-42-38)28-15-8-3-9-16-28/h1-25H. The van der Waals surface area contributed by atoms with Gasteiger partial charge in [-0.25, -0.2) is 0 Å². The van der Waals surface area contributed by atoms with Gasteiger partial charge < -0.3 is 9.09 Å². The molecule has 8 rings (SSSR count). The van der Waals surface area contributed by atoms with Gasteiger partial charge in [-0.15, -0.1) is 0 Å². The maximum absolute atomic E-state index is 5.71. The third-order valence-corrected chi connectivity index (χ3v) is 7.79. The summed E-state index contributed by atoms with van der Waals surface area (Å²) in [7, 11) is 0. The molecule has 0 radical (unpaired) electrons. The molecule has 8 aromatic rings. The van der Waals surface area contributed by atoms with Crippen molar-refractivity contribution in [3.05, 3.63) is 152 Å². The van der Waals surface area contributed by atoms with Crippen molar-refractivity contribution in [2.24, 2.45) is 0 Å². The van der Waals surface area contributed by atoms with Crippen LogP contribution in [0.2, 0.25) is 0 Å². The van der Waals surface area contributed by atoms with Crippen LogP contribution < -0.4 is 0 Å². The second kappa shape index (κ2) is 10.0. The lowest BCUT2D eigenvalue weighted by Gasteiger charge is -2.10. The molecule has 0 spiro atoms. The summed E-state index contributed by atoms with van der Waals surface area (Å²) in [5.74, 6) is 1.07. The van der Waals surface area contributed by atoms with E-state index in [0.717, 1.165) is 27.8 Å². The van der Waals surface area contributed by atoms with E-state index < -0.39 is 0 Å². The summed E-state index contributed by atoms with van der Waals surface area (Å²) in [4.78, 5) is 4.70. The first-order chi connectivity index (χ1) is 20.8. The Kier molecular flexibility index (Phi) is 5.75. The second-order valence-corrected chi connectivity index (χ2v) is 10.4. The summed E-state index contributed by atoms with van der Waals surface area (Å²) in [5.41, 5.74) is 9.91. The third-order valence-electron chi connectivity index (χ3n) is 7.79. The van der Waals surface area contributed by atoms with Crippen molar-refractivity contribution in [2.75, 3.05) is 0 Å². The van der Waals surface area contributed by atoms with Crippen molar-refractivity contribution in [1.82, 2.24) is 14.7 Å². The molecule has 0 N–H and O–H groups in total. The van der Waals surface area contributed by atoms with Crippen LogP contribution in [0.15, 0.2) is 156 Å². The lowest BCUT2D eigenvalue weighted by molar-refractivity contribution is 0.432. The van der Waals surface area contributed by atoms with E-state index in [1.54, 1.807) is 0 Å². The van der Waals surface area contributed by atoms with Crippen LogP contribution in [0.4, 0.5) is 0 Å². The summed E-state index contributed by atoms with van der Waals surface area (Å²) >= 11 is 0. The van der Waals surface area contributed by atoms with Crippen LogP contribution in [0.25, 0.3) is 72.6 Å². The fourth-order valence-electron chi connectivity index (χ4n) is 5.75. The normalized spacial score (nSPS) is 11.3. The molecular weight excluding hydrogens is 514 g/mol. The van der Waals surface area contributed by atoms with Crippen molar-refractivity contribution in [3.63, 3.8) is 0 Å². The Labute approximate surface area is 243 Å². The quantitative estimate of drug-likeness (QED) is 0.219. The van der Waals surface area contributed by atoms with Crippen LogP contribution in [0, 0.1) is 0 Å². The van der Waals surface area contributed by atoms with Gasteiger partial charge in [-0.2, -0.15) is 4.98 Å². The molecule has 2 heterocycles. The maximum Gasteiger partial charge on any atom is 0.258 e. The molecule has 0 saturated heterocycles. The van der Waals surface area contributed by atoms with Crippen molar-refractivity contribution < 1.29 is 4.52 Å². The Bertz CT molecular complexity index is 2080. The van der Waals surface area contributed by atoms with Gasteiger partial charge in [0.2, 0.25) is 5.82 Å². The van der Waals surface area contributed by atoms with Gasteiger partial charge in [0.05, 0.1) is 11.0 Å². The highest BCUT2D eigenvalue weighted by Gasteiger charge is 2.17. The van der Waals surface area contributed by atoms with Crippen LogP contribution in [0.1, 0.15) is 0 Å². The fraction of sp³-hybridized carbons (Fsp3) is 0. The number of aromatic nitrogens is 3. The van der Waals surface area contributed by atoms with Crippen LogP contribution in [0.3, 0.4) is 0 Å². The summed E-state index contributed by atoms with van der Waals surface area (Å²) in [5, 5.41) is 6.65. The Morgan fingerprint density at radius 1 is 0.429 bits per heavy atom. The van der Waals surface area contributed by atoms with Gasteiger partial charge in [-0.3, -0.25) is 0 Å². The number of hydrogen-bond acceptors (Lipinski definition) is 3. The summed E-state index contributed by atoms with van der Waals surface area (Å²) in [6.07, 6.45) is 0. The molecule has 0 atom stereocenters. The van der Waals surface area contributed by atoms with Gasteiger partial charge >= 0.3 is 0 Å². The SMILES string of the molecule is c1ccc(-c2ccc3c(c2)c2cc(-c4ccccc4)ccc2n3-c2cccc(-c3nc(-c4ccccc4)no3)c2)cc1. The smallest absolute Gasteiger partial charge is 0.258 e. The molecule has 0 aliphatic rings. The van der Waals surface area contributed by atoms with E-state index in [1.165, 1.54) is 33.0 Å². The molecule has 6 aromatic carbocycles. The third kappa shape index (κ3) is 4.18. The van der Waals surface area contributed by atoms with Crippen LogP contribution in [0.5, 0.6) is 0 Å².